The van der Waals surface area contributed by atoms with Crippen LogP contribution in [0.2, 0.25) is 0 Å². The molecule has 2 unspecified atom stereocenters. The molecule has 108 valence electrons. The summed E-state index contributed by atoms with van der Waals surface area (Å²) in [4.78, 5) is 0. The highest BCUT2D eigenvalue weighted by Gasteiger charge is 2.16. The molecule has 0 bridgehead atoms. The lowest BCUT2D eigenvalue weighted by molar-refractivity contribution is -0.00960. The molecule has 0 heterocycles. The minimum atomic E-state index is -0.0971. The van der Waals surface area contributed by atoms with Gasteiger partial charge in [0.25, 0.3) is 0 Å². The van der Waals surface area contributed by atoms with Crippen LogP contribution in [0, 0.1) is 5.92 Å². The fourth-order valence-electron chi connectivity index (χ4n) is 1.79. The van der Waals surface area contributed by atoms with E-state index in [9.17, 15) is 0 Å². The van der Waals surface area contributed by atoms with Gasteiger partial charge in [-0.3, -0.25) is 0 Å². The van der Waals surface area contributed by atoms with E-state index in [0.29, 0.717) is 19.1 Å². The second-order valence-electron chi connectivity index (χ2n) is 5.17. The van der Waals surface area contributed by atoms with Crippen LogP contribution in [0.25, 0.3) is 0 Å². The van der Waals surface area contributed by atoms with Gasteiger partial charge in [0.15, 0.2) is 0 Å². The second kappa shape index (κ2) is 8.69. The first-order valence-corrected chi connectivity index (χ1v) is 7.50. The molecule has 0 aromatic heterocycles. The average Bonchev–Trinajstić information content (AvgIpc) is 2.32. The van der Waals surface area contributed by atoms with E-state index in [4.69, 9.17) is 15.2 Å². The van der Waals surface area contributed by atoms with Gasteiger partial charge in [-0.25, -0.2) is 0 Å². The van der Waals surface area contributed by atoms with Gasteiger partial charge in [0.2, 0.25) is 0 Å². The molecule has 4 heteroatoms. The topological polar surface area (TPSA) is 44.5 Å². The van der Waals surface area contributed by atoms with E-state index < -0.39 is 0 Å². The molecule has 0 radical (unpaired) electrons. The van der Waals surface area contributed by atoms with E-state index >= 15 is 0 Å². The van der Waals surface area contributed by atoms with Gasteiger partial charge in [0.05, 0.1) is 19.3 Å². The van der Waals surface area contributed by atoms with Crippen LogP contribution in [0.3, 0.4) is 0 Å². The lowest BCUT2D eigenvalue weighted by atomic mass is 10.0. The van der Waals surface area contributed by atoms with Gasteiger partial charge < -0.3 is 15.2 Å². The zero-order valence-electron chi connectivity index (χ0n) is 11.9. The maximum absolute atomic E-state index is 6.00. The van der Waals surface area contributed by atoms with E-state index in [0.717, 1.165) is 16.6 Å². The Bertz CT molecular complexity index is 369. The second-order valence-corrected chi connectivity index (χ2v) is 6.09. The van der Waals surface area contributed by atoms with Crippen molar-refractivity contribution < 1.29 is 9.47 Å². The van der Waals surface area contributed by atoms with E-state index in [2.05, 4.69) is 29.8 Å². The van der Waals surface area contributed by atoms with Crippen LogP contribution in [0.1, 0.15) is 32.4 Å². The maximum atomic E-state index is 6.00. The number of benzene rings is 1. The molecule has 0 aliphatic heterocycles. The highest BCUT2D eigenvalue weighted by molar-refractivity contribution is 9.10. The van der Waals surface area contributed by atoms with Gasteiger partial charge in [-0.05, 0) is 30.5 Å². The van der Waals surface area contributed by atoms with Gasteiger partial charge in [-0.2, -0.15) is 0 Å². The molecule has 2 atom stereocenters. The normalized spacial score (nSPS) is 14.6. The summed E-state index contributed by atoms with van der Waals surface area (Å²) in [6.07, 6.45) is -0.0971. The summed E-state index contributed by atoms with van der Waals surface area (Å²) >= 11 is 3.47. The Kier molecular flexibility index (Phi) is 7.61. The molecule has 0 aliphatic rings. The fourth-order valence-corrected chi connectivity index (χ4v) is 2.21. The van der Waals surface area contributed by atoms with E-state index in [-0.39, 0.29) is 12.1 Å². The van der Waals surface area contributed by atoms with Crippen molar-refractivity contribution in [1.29, 1.82) is 0 Å². The molecule has 1 rings (SSSR count). The number of rotatable bonds is 8. The van der Waals surface area contributed by atoms with E-state index in [1.165, 1.54) is 0 Å². The highest BCUT2D eigenvalue weighted by atomic mass is 79.9. The first-order valence-electron chi connectivity index (χ1n) is 6.71. The first-order chi connectivity index (χ1) is 9.00. The Hall–Kier alpha value is -0.420. The smallest absolute Gasteiger partial charge is 0.0974 e. The largest absolute Gasteiger partial charge is 0.379 e. The summed E-state index contributed by atoms with van der Waals surface area (Å²) in [5, 5.41) is 0. The van der Waals surface area contributed by atoms with Crippen LogP contribution >= 0.6 is 15.9 Å². The lowest BCUT2D eigenvalue weighted by Gasteiger charge is -2.22. The zero-order valence-corrected chi connectivity index (χ0v) is 13.5. The first kappa shape index (κ1) is 16.6. The minimum absolute atomic E-state index is 0.0561. The fraction of sp³-hybridized carbons (Fsp3) is 0.600. The molecule has 0 aliphatic carbocycles. The number of halogens is 1. The molecule has 0 fully saturated rings. The predicted molar refractivity (Wildman–Crippen MR) is 82.1 cm³/mol. The summed E-state index contributed by atoms with van der Waals surface area (Å²) in [7, 11) is 0. The summed E-state index contributed by atoms with van der Waals surface area (Å²) in [6.45, 7) is 8.16. The van der Waals surface area contributed by atoms with Gasteiger partial charge in [0.1, 0.15) is 0 Å². The molecular formula is C15H24BrNO2. The average molecular weight is 330 g/mol. The van der Waals surface area contributed by atoms with Crippen molar-refractivity contribution in [3.8, 4) is 0 Å². The standard InChI is InChI=1S/C15H24BrNO2/c1-11(2)10-18-7-8-19-15(12(3)17)13-5-4-6-14(16)9-13/h4-6,9,11-12,15H,7-8,10,17H2,1-3H3. The molecular weight excluding hydrogens is 306 g/mol. The molecule has 1 aromatic carbocycles. The van der Waals surface area contributed by atoms with Crippen molar-refractivity contribution in [2.75, 3.05) is 19.8 Å². The third kappa shape index (κ3) is 6.52. The number of ether oxygens (including phenoxy) is 2. The monoisotopic (exact) mass is 329 g/mol. The van der Waals surface area contributed by atoms with Gasteiger partial charge in [-0.15, -0.1) is 0 Å². The van der Waals surface area contributed by atoms with Crippen LogP contribution in [0.15, 0.2) is 28.7 Å². The molecule has 0 saturated carbocycles. The van der Waals surface area contributed by atoms with Crippen molar-refractivity contribution in [1.82, 2.24) is 0 Å². The summed E-state index contributed by atoms with van der Waals surface area (Å²) in [5.41, 5.74) is 7.09. The maximum Gasteiger partial charge on any atom is 0.0974 e. The molecule has 0 spiro atoms. The highest BCUT2D eigenvalue weighted by Crippen LogP contribution is 2.23. The quantitative estimate of drug-likeness (QED) is 0.742. The van der Waals surface area contributed by atoms with Crippen LogP contribution in [0.5, 0.6) is 0 Å². The molecule has 1 aromatic rings. The van der Waals surface area contributed by atoms with Crippen LogP contribution in [0.4, 0.5) is 0 Å². The lowest BCUT2D eigenvalue weighted by Crippen LogP contribution is -2.28. The molecule has 0 amide bonds. The number of hydrogen-bond acceptors (Lipinski definition) is 3. The Labute approximate surface area is 124 Å². The number of nitrogens with two attached hydrogens (primary N) is 1. The van der Waals surface area contributed by atoms with Crippen LogP contribution in [-0.4, -0.2) is 25.9 Å². The minimum Gasteiger partial charge on any atom is -0.379 e. The van der Waals surface area contributed by atoms with Crippen LogP contribution in [-0.2, 0) is 9.47 Å². The van der Waals surface area contributed by atoms with Crippen molar-refractivity contribution >= 4 is 15.9 Å². The summed E-state index contributed by atoms with van der Waals surface area (Å²) in [5.74, 6) is 0.550. The third-order valence-corrected chi connectivity index (χ3v) is 3.12. The summed E-state index contributed by atoms with van der Waals surface area (Å²) < 4.78 is 12.4. The van der Waals surface area contributed by atoms with Gasteiger partial charge >= 0.3 is 0 Å². The molecule has 19 heavy (non-hydrogen) atoms. The van der Waals surface area contributed by atoms with Crippen LogP contribution < -0.4 is 5.73 Å². The van der Waals surface area contributed by atoms with Crippen molar-refractivity contribution in [3.05, 3.63) is 34.3 Å². The third-order valence-electron chi connectivity index (χ3n) is 2.63. The zero-order chi connectivity index (χ0) is 14.3. The Morgan fingerprint density at radius 3 is 2.53 bits per heavy atom. The number of hydrogen-bond donors (Lipinski definition) is 1. The molecule has 2 N–H and O–H groups in total. The Balaban J connectivity index is 2.46. The van der Waals surface area contributed by atoms with Crippen molar-refractivity contribution in [2.24, 2.45) is 11.7 Å². The summed E-state index contributed by atoms with van der Waals surface area (Å²) in [6, 6.07) is 8.01. The predicted octanol–water partition coefficient (Wildman–Crippen LogP) is 3.53. The SMILES string of the molecule is CC(C)COCCOC(c1cccc(Br)c1)C(C)N. The van der Waals surface area contributed by atoms with Crippen molar-refractivity contribution in [3.63, 3.8) is 0 Å². The molecule has 0 saturated heterocycles. The van der Waals surface area contributed by atoms with E-state index in [1.54, 1.807) is 0 Å². The molecule has 3 nitrogen and oxygen atoms in total. The van der Waals surface area contributed by atoms with Gasteiger partial charge in [-0.1, -0.05) is 41.9 Å². The Morgan fingerprint density at radius 1 is 1.21 bits per heavy atom. The van der Waals surface area contributed by atoms with Gasteiger partial charge in [0, 0.05) is 17.1 Å². The van der Waals surface area contributed by atoms with E-state index in [1.807, 2.05) is 31.2 Å². The Morgan fingerprint density at radius 2 is 1.95 bits per heavy atom. The van der Waals surface area contributed by atoms with Crippen molar-refractivity contribution in [2.45, 2.75) is 32.9 Å².